The van der Waals surface area contributed by atoms with Crippen molar-refractivity contribution in [3.63, 3.8) is 0 Å². The van der Waals surface area contributed by atoms with Crippen LogP contribution in [-0.2, 0) is 4.79 Å². The van der Waals surface area contributed by atoms with Gasteiger partial charge in [0.2, 0.25) is 5.91 Å². The molecular formula is C15H19N5O2S2. The Bertz CT molecular complexity index is 693. The summed E-state index contributed by atoms with van der Waals surface area (Å²) in [6, 6.07) is -0.116. The van der Waals surface area contributed by atoms with E-state index in [4.69, 9.17) is 0 Å². The molecule has 1 amide bonds. The lowest BCUT2D eigenvalue weighted by Crippen LogP contribution is -2.46. The highest BCUT2D eigenvalue weighted by Gasteiger charge is 2.35. The monoisotopic (exact) mass is 365 g/mol. The minimum Gasteiger partial charge on any atom is -0.372 e. The predicted octanol–water partition coefficient (Wildman–Crippen LogP) is 1.38. The van der Waals surface area contributed by atoms with Crippen LogP contribution < -0.4 is 10.6 Å². The maximum Gasteiger partial charge on any atom is 0.242 e. The predicted molar refractivity (Wildman–Crippen MR) is 93.2 cm³/mol. The molecule has 0 bridgehead atoms. The third-order valence-corrected chi connectivity index (χ3v) is 6.31. The Morgan fingerprint density at radius 1 is 1.46 bits per heavy atom. The van der Waals surface area contributed by atoms with E-state index in [1.165, 1.54) is 11.3 Å². The topological polar surface area (TPSA) is 90.4 Å². The maximum absolute atomic E-state index is 12.1. The molecule has 24 heavy (non-hydrogen) atoms. The summed E-state index contributed by atoms with van der Waals surface area (Å²) in [5, 5.41) is 20.9. The summed E-state index contributed by atoms with van der Waals surface area (Å²) in [4.78, 5) is 22.7. The quantitative estimate of drug-likeness (QED) is 0.742. The molecule has 128 valence electrons. The number of nitrogens with zero attached hydrogens (tertiary/aromatic N) is 3. The van der Waals surface area contributed by atoms with Gasteiger partial charge in [0.15, 0.2) is 6.23 Å². The van der Waals surface area contributed by atoms with Gasteiger partial charge in [-0.25, -0.2) is 9.97 Å². The molecule has 2 saturated heterocycles. The van der Waals surface area contributed by atoms with Gasteiger partial charge >= 0.3 is 0 Å². The summed E-state index contributed by atoms with van der Waals surface area (Å²) in [6.45, 7) is 2.45. The van der Waals surface area contributed by atoms with Gasteiger partial charge in [-0.2, -0.15) is 0 Å². The first-order chi connectivity index (χ1) is 11.7. The fourth-order valence-corrected chi connectivity index (χ4v) is 4.61. The highest BCUT2D eigenvalue weighted by Crippen LogP contribution is 2.35. The number of hydrogen-bond acceptors (Lipinski definition) is 8. The highest BCUT2D eigenvalue weighted by molar-refractivity contribution is 7.15. The molecule has 1 unspecified atom stereocenters. The molecule has 7 nitrogen and oxygen atoms in total. The summed E-state index contributed by atoms with van der Waals surface area (Å²) in [5.74, 6) is 0.372. The van der Waals surface area contributed by atoms with Crippen molar-refractivity contribution >= 4 is 33.6 Å². The van der Waals surface area contributed by atoms with Crippen LogP contribution in [0.2, 0.25) is 0 Å². The molecule has 0 aliphatic carbocycles. The fourth-order valence-electron chi connectivity index (χ4n) is 3.04. The summed E-state index contributed by atoms with van der Waals surface area (Å²) in [6.07, 6.45) is 4.61. The van der Waals surface area contributed by atoms with Crippen LogP contribution in [0.5, 0.6) is 0 Å². The van der Waals surface area contributed by atoms with Crippen molar-refractivity contribution in [2.45, 2.75) is 31.0 Å². The van der Waals surface area contributed by atoms with Gasteiger partial charge in [0.25, 0.3) is 0 Å². The van der Waals surface area contributed by atoms with Gasteiger partial charge in [-0.15, -0.1) is 11.3 Å². The number of amides is 1. The Hall–Kier alpha value is -1.39. The molecule has 3 N–H and O–H groups in total. The zero-order valence-corrected chi connectivity index (χ0v) is 14.6. The first-order valence-corrected chi connectivity index (χ1v) is 9.72. The smallest absolute Gasteiger partial charge is 0.242 e. The van der Waals surface area contributed by atoms with Crippen molar-refractivity contribution in [2.75, 3.05) is 25.0 Å². The Morgan fingerprint density at radius 3 is 3.04 bits per heavy atom. The molecule has 0 saturated carbocycles. The molecule has 2 aliphatic rings. The molecular weight excluding hydrogens is 346 g/mol. The van der Waals surface area contributed by atoms with Crippen LogP contribution in [0.4, 0.5) is 5.00 Å². The number of thiazole rings is 2. The number of rotatable bonds is 5. The van der Waals surface area contributed by atoms with Gasteiger partial charge in [0, 0.05) is 30.6 Å². The summed E-state index contributed by atoms with van der Waals surface area (Å²) < 4.78 is 0. The second-order valence-corrected chi connectivity index (χ2v) is 8.08. The van der Waals surface area contributed by atoms with Crippen LogP contribution in [0.1, 0.15) is 35.0 Å². The number of anilines is 1. The molecule has 2 aliphatic heterocycles. The van der Waals surface area contributed by atoms with E-state index in [0.717, 1.165) is 37.5 Å². The number of likely N-dealkylation sites (tertiary alicyclic amines) is 1. The molecule has 2 fully saturated rings. The standard InChI is InChI=1S/C15H19N5O2S2/c21-12(10-2-1-3-16-10)19-11-6-18-14(24-11)15(22)20-7-9(8-20)13-17-4-5-23-13/h4-6,9-10,15-16,22H,1-3,7-8H2,(H,19,21)/t10-,15?/m0/s1. The first kappa shape index (κ1) is 16.1. The average Bonchev–Trinajstić information content (AvgIpc) is 3.28. The SMILES string of the molecule is O=C(Nc1cnc(C(O)N2CC(c3nccs3)C2)s1)[C@@H]1CCCN1. The van der Waals surface area contributed by atoms with Gasteiger partial charge in [-0.05, 0) is 19.4 Å². The fraction of sp³-hybridized carbons (Fsp3) is 0.533. The highest BCUT2D eigenvalue weighted by atomic mass is 32.1. The maximum atomic E-state index is 12.1. The number of aliphatic hydroxyl groups excluding tert-OH is 1. The lowest BCUT2D eigenvalue weighted by molar-refractivity contribution is -0.117. The van der Waals surface area contributed by atoms with Gasteiger partial charge in [-0.1, -0.05) is 11.3 Å². The Labute approximate surface area is 147 Å². The van der Waals surface area contributed by atoms with Crippen molar-refractivity contribution in [2.24, 2.45) is 0 Å². The summed E-state index contributed by atoms with van der Waals surface area (Å²) in [5.41, 5.74) is 0. The van der Waals surface area contributed by atoms with E-state index in [1.54, 1.807) is 17.5 Å². The van der Waals surface area contributed by atoms with Crippen molar-refractivity contribution in [3.8, 4) is 0 Å². The Morgan fingerprint density at radius 2 is 2.33 bits per heavy atom. The van der Waals surface area contributed by atoms with Crippen molar-refractivity contribution < 1.29 is 9.90 Å². The van der Waals surface area contributed by atoms with E-state index < -0.39 is 6.23 Å². The van der Waals surface area contributed by atoms with Gasteiger partial charge < -0.3 is 15.7 Å². The van der Waals surface area contributed by atoms with Crippen molar-refractivity contribution in [1.29, 1.82) is 0 Å². The van der Waals surface area contributed by atoms with Gasteiger partial charge in [-0.3, -0.25) is 9.69 Å². The molecule has 4 heterocycles. The van der Waals surface area contributed by atoms with E-state index in [0.29, 0.717) is 15.9 Å². The average molecular weight is 365 g/mol. The number of carbonyl (C=O) groups excluding carboxylic acids is 1. The second-order valence-electron chi connectivity index (χ2n) is 6.10. The third kappa shape index (κ3) is 3.22. The molecule has 2 aromatic heterocycles. The molecule has 2 atom stereocenters. The van der Waals surface area contributed by atoms with E-state index >= 15 is 0 Å². The first-order valence-electron chi connectivity index (χ1n) is 8.02. The number of hydrogen-bond donors (Lipinski definition) is 3. The molecule has 0 spiro atoms. The van der Waals surface area contributed by atoms with Crippen LogP contribution in [-0.4, -0.2) is 51.6 Å². The normalized spacial score (nSPS) is 23.1. The van der Waals surface area contributed by atoms with Crippen molar-refractivity contribution in [1.82, 2.24) is 20.2 Å². The van der Waals surface area contributed by atoms with Crippen LogP contribution in [0.25, 0.3) is 0 Å². The van der Waals surface area contributed by atoms with Crippen molar-refractivity contribution in [3.05, 3.63) is 27.8 Å². The van der Waals surface area contributed by atoms with Gasteiger partial charge in [0.05, 0.1) is 17.2 Å². The van der Waals surface area contributed by atoms with Crippen LogP contribution >= 0.6 is 22.7 Å². The van der Waals surface area contributed by atoms with Gasteiger partial charge in [0.1, 0.15) is 10.0 Å². The zero-order chi connectivity index (χ0) is 16.5. The Kier molecular flexibility index (Phi) is 4.59. The lowest BCUT2D eigenvalue weighted by atomic mass is 10.0. The largest absolute Gasteiger partial charge is 0.372 e. The summed E-state index contributed by atoms with van der Waals surface area (Å²) in [7, 11) is 0. The molecule has 0 radical (unpaired) electrons. The van der Waals surface area contributed by atoms with E-state index in [1.807, 2.05) is 16.5 Å². The minimum atomic E-state index is -0.721. The van der Waals surface area contributed by atoms with E-state index in [2.05, 4.69) is 20.6 Å². The number of aromatic nitrogens is 2. The van der Waals surface area contributed by atoms with Crippen LogP contribution in [0.3, 0.4) is 0 Å². The minimum absolute atomic E-state index is 0.0232. The lowest BCUT2D eigenvalue weighted by Gasteiger charge is -2.40. The number of nitrogens with one attached hydrogen (secondary N) is 2. The third-order valence-electron chi connectivity index (χ3n) is 4.42. The zero-order valence-electron chi connectivity index (χ0n) is 13.0. The second kappa shape index (κ2) is 6.85. The molecule has 4 rings (SSSR count). The number of carbonyl (C=O) groups is 1. The van der Waals surface area contributed by atoms with E-state index in [9.17, 15) is 9.90 Å². The molecule has 9 heteroatoms. The summed E-state index contributed by atoms with van der Waals surface area (Å²) >= 11 is 2.98. The van der Waals surface area contributed by atoms with Crippen LogP contribution in [0, 0.1) is 0 Å². The molecule has 0 aromatic carbocycles. The molecule has 2 aromatic rings. The van der Waals surface area contributed by atoms with Crippen LogP contribution in [0.15, 0.2) is 17.8 Å². The Balaban J connectivity index is 1.32. The number of aliphatic hydroxyl groups is 1. The van der Waals surface area contributed by atoms with E-state index in [-0.39, 0.29) is 11.9 Å².